The van der Waals surface area contributed by atoms with E-state index in [1.54, 1.807) is 0 Å². The zero-order valence-electron chi connectivity index (χ0n) is 5.82. The molecule has 0 amide bonds. The average Bonchev–Trinajstić information content (AvgIpc) is 2.29. The number of hydrogen-bond donors (Lipinski definition) is 1. The Morgan fingerprint density at radius 2 is 2.15 bits per heavy atom. The maximum absolute atomic E-state index is 12.3. The second kappa shape index (κ2) is 3.11. The van der Waals surface area contributed by atoms with E-state index in [9.17, 15) is 17.1 Å². The third-order valence-electron chi connectivity index (χ3n) is 1.13. The van der Waals surface area contributed by atoms with Gasteiger partial charge in [0.2, 0.25) is 5.76 Å². The molecular weight excluding hydrogens is 271 g/mol. The Morgan fingerprint density at radius 3 is 2.38 bits per heavy atom. The predicted octanol–water partition coefficient (Wildman–Crippen LogP) is 1.40. The first-order chi connectivity index (χ1) is 5.82. The summed E-state index contributed by atoms with van der Waals surface area (Å²) in [7, 11) is -4.95. The molecule has 0 fully saturated rings. The highest BCUT2D eigenvalue weighted by molar-refractivity contribution is 9.10. The third kappa shape index (κ3) is 2.07. The van der Waals surface area contributed by atoms with Crippen LogP contribution in [0.15, 0.2) is 20.0 Å². The third-order valence-corrected chi connectivity index (χ3v) is 2.81. The van der Waals surface area contributed by atoms with Gasteiger partial charge in [0.15, 0.2) is 9.56 Å². The van der Waals surface area contributed by atoms with Crippen molar-refractivity contribution in [1.29, 1.82) is 0 Å². The van der Waals surface area contributed by atoms with Crippen LogP contribution in [0.25, 0.3) is 0 Å². The molecule has 1 heterocycles. The molecule has 1 aromatic heterocycles. The van der Waals surface area contributed by atoms with E-state index in [1.165, 1.54) is 0 Å². The molecule has 0 aliphatic rings. The van der Waals surface area contributed by atoms with Crippen molar-refractivity contribution in [2.24, 2.45) is 0 Å². The molecule has 0 atom stereocenters. The molecule has 1 aromatic rings. The fourth-order valence-electron chi connectivity index (χ4n) is 0.624. The minimum Gasteiger partial charge on any atom is -0.475 e. The lowest BCUT2D eigenvalue weighted by molar-refractivity contribution is 0.0661. The van der Waals surface area contributed by atoms with Crippen molar-refractivity contribution >= 4 is 32.1 Å². The van der Waals surface area contributed by atoms with Crippen LogP contribution in [-0.4, -0.2) is 19.5 Å². The van der Waals surface area contributed by atoms with Gasteiger partial charge in [-0.1, -0.05) is 0 Å². The molecule has 13 heavy (non-hydrogen) atoms. The summed E-state index contributed by atoms with van der Waals surface area (Å²) in [5.74, 6) is -2.13. The Balaban J connectivity index is 3.35. The lowest BCUT2D eigenvalue weighted by atomic mass is 10.5. The number of carbonyl (C=O) groups is 1. The summed E-state index contributed by atoms with van der Waals surface area (Å²) >= 11 is 2.57. The molecule has 0 aliphatic heterocycles. The Hall–Kier alpha value is -0.890. The molecule has 0 saturated carbocycles. The van der Waals surface area contributed by atoms with Gasteiger partial charge in [0.05, 0.1) is 0 Å². The van der Waals surface area contributed by atoms with Crippen LogP contribution in [0.2, 0.25) is 0 Å². The van der Waals surface area contributed by atoms with Crippen molar-refractivity contribution in [3.8, 4) is 0 Å². The molecule has 0 unspecified atom stereocenters. The van der Waals surface area contributed by atoms with Gasteiger partial charge >= 0.3 is 16.2 Å². The minimum absolute atomic E-state index is 0.465. The summed E-state index contributed by atoms with van der Waals surface area (Å²) in [6, 6.07) is 0.585. The number of furan rings is 1. The van der Waals surface area contributed by atoms with E-state index in [1.807, 2.05) is 0 Å². The van der Waals surface area contributed by atoms with Gasteiger partial charge in [-0.15, -0.1) is 3.89 Å². The van der Waals surface area contributed by atoms with Crippen LogP contribution >= 0.6 is 15.9 Å². The zero-order valence-corrected chi connectivity index (χ0v) is 8.22. The molecule has 0 radical (unpaired) electrons. The quantitative estimate of drug-likeness (QED) is 0.823. The number of rotatable bonds is 2. The normalized spacial score (nSPS) is 11.5. The van der Waals surface area contributed by atoms with E-state index in [4.69, 9.17) is 5.11 Å². The van der Waals surface area contributed by atoms with Crippen LogP contribution in [0.5, 0.6) is 0 Å². The largest absolute Gasteiger partial charge is 0.475 e. The van der Waals surface area contributed by atoms with Gasteiger partial charge in [-0.3, -0.25) is 0 Å². The fourth-order valence-corrected chi connectivity index (χ4v) is 1.97. The van der Waals surface area contributed by atoms with Crippen molar-refractivity contribution in [2.45, 2.75) is 4.90 Å². The first-order valence-electron chi connectivity index (χ1n) is 2.79. The van der Waals surface area contributed by atoms with Crippen LogP contribution in [-0.2, 0) is 10.2 Å². The highest BCUT2D eigenvalue weighted by Gasteiger charge is 2.23. The zero-order chi connectivity index (χ0) is 10.2. The summed E-state index contributed by atoms with van der Waals surface area (Å²) in [6.45, 7) is 0. The molecule has 0 bridgehead atoms. The molecule has 5 nitrogen and oxygen atoms in total. The van der Waals surface area contributed by atoms with Gasteiger partial charge in [0.1, 0.15) is 0 Å². The number of aromatic carboxylic acids is 1. The number of carboxylic acid groups (broad SMARTS) is 1. The van der Waals surface area contributed by atoms with Crippen LogP contribution in [0.3, 0.4) is 0 Å². The predicted molar refractivity (Wildman–Crippen MR) is 41.7 cm³/mol. The van der Waals surface area contributed by atoms with E-state index in [2.05, 4.69) is 20.3 Å². The number of halogens is 2. The first-order valence-corrected chi connectivity index (χ1v) is 4.97. The van der Waals surface area contributed by atoms with Gasteiger partial charge in [0, 0.05) is 6.07 Å². The Bertz CT molecular complexity index is 447. The van der Waals surface area contributed by atoms with Crippen LogP contribution < -0.4 is 0 Å². The average molecular weight is 273 g/mol. The molecule has 1 N–H and O–H groups in total. The SMILES string of the molecule is O=C(O)c1cc(S(=O)(=O)F)c(Br)o1. The lowest BCUT2D eigenvalue weighted by Gasteiger charge is -1.85. The number of hydrogen-bond acceptors (Lipinski definition) is 4. The summed E-state index contributed by atoms with van der Waals surface area (Å²) in [5, 5.41) is 8.36. The summed E-state index contributed by atoms with van der Waals surface area (Å²) in [5.41, 5.74) is 0. The smallest absolute Gasteiger partial charge is 0.371 e. The van der Waals surface area contributed by atoms with E-state index in [0.717, 1.165) is 0 Å². The molecule has 8 heteroatoms. The first kappa shape index (κ1) is 10.2. The van der Waals surface area contributed by atoms with Gasteiger partial charge < -0.3 is 9.52 Å². The summed E-state index contributed by atoms with van der Waals surface area (Å²) in [4.78, 5) is 9.43. The van der Waals surface area contributed by atoms with Crippen molar-refractivity contribution in [3.63, 3.8) is 0 Å². The molecule has 0 aliphatic carbocycles. The molecule has 1 rings (SSSR count). The minimum atomic E-state index is -4.95. The monoisotopic (exact) mass is 272 g/mol. The standard InChI is InChI=1S/C5H2BrFO5S/c6-4-3(13(7,10)11)1-2(12-4)5(8)9/h1H,(H,8,9). The van der Waals surface area contributed by atoms with Gasteiger partial charge in [-0.05, 0) is 15.9 Å². The Labute approximate surface area is 80.5 Å². The Morgan fingerprint density at radius 1 is 1.62 bits per heavy atom. The second-order valence-corrected chi connectivity index (χ2v) is 4.03. The maximum atomic E-state index is 12.3. The number of carboxylic acids is 1. The molecular formula is C5H2BrFO5S. The van der Waals surface area contributed by atoms with E-state index >= 15 is 0 Å². The molecule has 0 saturated heterocycles. The fraction of sp³-hybridized carbons (Fsp3) is 0. The molecule has 0 spiro atoms. The van der Waals surface area contributed by atoms with Crippen molar-refractivity contribution in [2.75, 3.05) is 0 Å². The highest BCUT2D eigenvalue weighted by Crippen LogP contribution is 2.27. The van der Waals surface area contributed by atoms with Crippen LogP contribution in [0.4, 0.5) is 3.89 Å². The van der Waals surface area contributed by atoms with Crippen molar-refractivity contribution < 1.29 is 26.6 Å². The molecule has 0 aromatic carbocycles. The summed E-state index contributed by atoms with van der Waals surface area (Å²) < 4.78 is 37.0. The van der Waals surface area contributed by atoms with Crippen molar-refractivity contribution in [1.82, 2.24) is 0 Å². The lowest BCUT2D eigenvalue weighted by Crippen LogP contribution is -1.93. The van der Waals surface area contributed by atoms with Gasteiger partial charge in [0.25, 0.3) is 0 Å². The maximum Gasteiger partial charge on any atom is 0.371 e. The topological polar surface area (TPSA) is 84.6 Å². The van der Waals surface area contributed by atoms with E-state index in [-0.39, 0.29) is 0 Å². The van der Waals surface area contributed by atoms with Crippen LogP contribution in [0, 0.1) is 0 Å². The summed E-state index contributed by atoms with van der Waals surface area (Å²) in [6.07, 6.45) is 0. The van der Waals surface area contributed by atoms with Gasteiger partial charge in [-0.25, -0.2) is 4.79 Å². The highest BCUT2D eigenvalue weighted by atomic mass is 79.9. The van der Waals surface area contributed by atoms with Crippen LogP contribution in [0.1, 0.15) is 10.6 Å². The second-order valence-electron chi connectivity index (χ2n) is 1.99. The molecule has 72 valence electrons. The van der Waals surface area contributed by atoms with E-state index < -0.39 is 31.5 Å². The van der Waals surface area contributed by atoms with Gasteiger partial charge in [-0.2, -0.15) is 8.42 Å². The van der Waals surface area contributed by atoms with E-state index in [0.29, 0.717) is 6.07 Å². The Kier molecular flexibility index (Phi) is 2.44. The van der Waals surface area contributed by atoms with Crippen molar-refractivity contribution in [3.05, 3.63) is 16.5 Å².